The van der Waals surface area contributed by atoms with Gasteiger partial charge >= 0.3 is 0 Å². The molecule has 1 heterocycles. The SMILES string of the molecule is COc1cc(C)c(S(=O)(=O)N[C@@H]2CCNC2)cc1OC. The zero-order chi connectivity index (χ0) is 14.8. The number of hydrogen-bond donors (Lipinski definition) is 2. The highest BCUT2D eigenvalue weighted by molar-refractivity contribution is 7.89. The number of hydrogen-bond acceptors (Lipinski definition) is 5. The van der Waals surface area contributed by atoms with Crippen molar-refractivity contribution in [3.8, 4) is 11.5 Å². The van der Waals surface area contributed by atoms with Gasteiger partial charge in [0.2, 0.25) is 10.0 Å². The van der Waals surface area contributed by atoms with E-state index in [1.165, 1.54) is 20.3 Å². The van der Waals surface area contributed by atoms with Gasteiger partial charge in [-0.3, -0.25) is 0 Å². The van der Waals surface area contributed by atoms with Crippen molar-refractivity contribution in [1.82, 2.24) is 10.0 Å². The molecule has 6 nitrogen and oxygen atoms in total. The summed E-state index contributed by atoms with van der Waals surface area (Å²) in [5.74, 6) is 0.925. The lowest BCUT2D eigenvalue weighted by Gasteiger charge is -2.16. The van der Waals surface area contributed by atoms with Gasteiger partial charge in [0, 0.05) is 18.7 Å². The minimum Gasteiger partial charge on any atom is -0.493 e. The molecule has 0 aromatic heterocycles. The monoisotopic (exact) mass is 300 g/mol. The van der Waals surface area contributed by atoms with Crippen LogP contribution in [0.1, 0.15) is 12.0 Å². The lowest BCUT2D eigenvalue weighted by atomic mass is 10.2. The van der Waals surface area contributed by atoms with Crippen LogP contribution in [0.4, 0.5) is 0 Å². The van der Waals surface area contributed by atoms with Crippen molar-refractivity contribution < 1.29 is 17.9 Å². The summed E-state index contributed by atoms with van der Waals surface area (Å²) in [5, 5.41) is 3.13. The average Bonchev–Trinajstić information content (AvgIpc) is 2.90. The standard InChI is InChI=1S/C13H20N2O4S/c1-9-6-11(18-2)12(19-3)7-13(9)20(16,17)15-10-4-5-14-8-10/h6-7,10,14-15H,4-5,8H2,1-3H3/t10-/m1/s1. The van der Waals surface area contributed by atoms with Gasteiger partial charge < -0.3 is 14.8 Å². The Kier molecular flexibility index (Phi) is 4.52. The quantitative estimate of drug-likeness (QED) is 0.835. The Labute approximate surface area is 119 Å². The molecule has 1 fully saturated rings. The Morgan fingerprint density at radius 2 is 1.90 bits per heavy atom. The summed E-state index contributed by atoms with van der Waals surface area (Å²) in [7, 11) is -0.552. The summed E-state index contributed by atoms with van der Waals surface area (Å²) in [6.45, 7) is 3.23. The van der Waals surface area contributed by atoms with Gasteiger partial charge in [-0.2, -0.15) is 0 Å². The van der Waals surface area contributed by atoms with Crippen LogP contribution in [0.15, 0.2) is 17.0 Å². The second-order valence-electron chi connectivity index (χ2n) is 4.78. The molecule has 0 saturated carbocycles. The molecule has 20 heavy (non-hydrogen) atoms. The molecule has 1 aliphatic rings. The summed E-state index contributed by atoms with van der Waals surface area (Å²) >= 11 is 0. The average molecular weight is 300 g/mol. The highest BCUT2D eigenvalue weighted by atomic mass is 32.2. The number of rotatable bonds is 5. The van der Waals surface area contributed by atoms with E-state index in [-0.39, 0.29) is 10.9 Å². The molecule has 7 heteroatoms. The highest BCUT2D eigenvalue weighted by Crippen LogP contribution is 2.32. The Morgan fingerprint density at radius 1 is 1.25 bits per heavy atom. The maximum Gasteiger partial charge on any atom is 0.241 e. The molecule has 2 N–H and O–H groups in total. The first-order valence-corrected chi connectivity index (χ1v) is 7.92. The fourth-order valence-electron chi connectivity index (χ4n) is 2.29. The minimum absolute atomic E-state index is 0.0625. The molecule has 0 unspecified atom stereocenters. The first-order chi connectivity index (χ1) is 9.47. The molecule has 1 saturated heterocycles. The molecule has 1 aliphatic heterocycles. The molecular formula is C13H20N2O4S. The van der Waals surface area contributed by atoms with Gasteiger partial charge in [0.1, 0.15) is 0 Å². The van der Waals surface area contributed by atoms with E-state index in [1.807, 2.05) is 0 Å². The second-order valence-corrected chi connectivity index (χ2v) is 6.47. The van der Waals surface area contributed by atoms with Gasteiger partial charge in [0.15, 0.2) is 11.5 Å². The summed E-state index contributed by atoms with van der Waals surface area (Å²) in [5.41, 5.74) is 0.626. The fourth-order valence-corrected chi connectivity index (χ4v) is 3.80. The molecule has 2 rings (SSSR count). The number of ether oxygens (including phenoxy) is 2. The van der Waals surface area contributed by atoms with E-state index < -0.39 is 10.0 Å². The molecular weight excluding hydrogens is 280 g/mol. The molecule has 112 valence electrons. The van der Waals surface area contributed by atoms with Gasteiger partial charge in [-0.1, -0.05) is 0 Å². The fraction of sp³-hybridized carbons (Fsp3) is 0.538. The molecule has 0 radical (unpaired) electrons. The van der Waals surface area contributed by atoms with Gasteiger partial charge in [0.05, 0.1) is 19.1 Å². The Hall–Kier alpha value is -1.31. The van der Waals surface area contributed by atoms with Crippen LogP contribution in [0.3, 0.4) is 0 Å². The van der Waals surface area contributed by atoms with Crippen molar-refractivity contribution in [2.24, 2.45) is 0 Å². The van der Waals surface area contributed by atoms with Crippen molar-refractivity contribution in [2.45, 2.75) is 24.3 Å². The maximum atomic E-state index is 12.4. The third-order valence-electron chi connectivity index (χ3n) is 3.35. The summed E-state index contributed by atoms with van der Waals surface area (Å²) in [4.78, 5) is 0.224. The van der Waals surface area contributed by atoms with Gasteiger partial charge in [-0.25, -0.2) is 13.1 Å². The number of benzene rings is 1. The van der Waals surface area contributed by atoms with Crippen LogP contribution in [0.25, 0.3) is 0 Å². The number of methoxy groups -OCH3 is 2. The van der Waals surface area contributed by atoms with Crippen molar-refractivity contribution >= 4 is 10.0 Å². The maximum absolute atomic E-state index is 12.4. The topological polar surface area (TPSA) is 76.7 Å². The second kappa shape index (κ2) is 5.99. The van der Waals surface area contributed by atoms with E-state index in [1.54, 1.807) is 13.0 Å². The zero-order valence-electron chi connectivity index (χ0n) is 11.9. The van der Waals surface area contributed by atoms with Crippen LogP contribution in [-0.4, -0.2) is 41.8 Å². The molecule has 1 atom stereocenters. The van der Waals surface area contributed by atoms with E-state index in [0.29, 0.717) is 23.6 Å². The molecule has 0 spiro atoms. The Balaban J connectivity index is 2.35. The van der Waals surface area contributed by atoms with Gasteiger partial charge in [-0.05, 0) is 31.5 Å². The number of nitrogens with one attached hydrogen (secondary N) is 2. The predicted octanol–water partition coefficient (Wildman–Crippen LogP) is 0.652. The molecule has 1 aromatic carbocycles. The van der Waals surface area contributed by atoms with E-state index >= 15 is 0 Å². The first kappa shape index (κ1) is 15.1. The van der Waals surface area contributed by atoms with E-state index in [0.717, 1.165) is 13.0 Å². The number of aryl methyl sites for hydroxylation is 1. The van der Waals surface area contributed by atoms with Crippen LogP contribution in [0, 0.1) is 6.92 Å². The smallest absolute Gasteiger partial charge is 0.241 e. The van der Waals surface area contributed by atoms with Crippen LogP contribution in [0.2, 0.25) is 0 Å². The minimum atomic E-state index is -3.56. The predicted molar refractivity (Wildman–Crippen MR) is 75.9 cm³/mol. The normalized spacial score (nSPS) is 19.1. The first-order valence-electron chi connectivity index (χ1n) is 6.43. The molecule has 1 aromatic rings. The highest BCUT2D eigenvalue weighted by Gasteiger charge is 2.25. The summed E-state index contributed by atoms with van der Waals surface area (Å²) < 4.78 is 37.9. The van der Waals surface area contributed by atoms with Crippen LogP contribution in [-0.2, 0) is 10.0 Å². The van der Waals surface area contributed by atoms with Gasteiger partial charge in [0.25, 0.3) is 0 Å². The summed E-state index contributed by atoms with van der Waals surface area (Å²) in [6.07, 6.45) is 0.797. The third-order valence-corrected chi connectivity index (χ3v) is 5.02. The van der Waals surface area contributed by atoms with E-state index in [2.05, 4.69) is 10.0 Å². The van der Waals surface area contributed by atoms with Crippen LogP contribution < -0.4 is 19.5 Å². The van der Waals surface area contributed by atoms with Crippen molar-refractivity contribution in [3.05, 3.63) is 17.7 Å². The molecule has 0 aliphatic carbocycles. The van der Waals surface area contributed by atoms with Crippen molar-refractivity contribution in [2.75, 3.05) is 27.3 Å². The summed E-state index contributed by atoms with van der Waals surface area (Å²) in [6, 6.07) is 3.10. The van der Waals surface area contributed by atoms with Crippen LogP contribution in [0.5, 0.6) is 11.5 Å². The third kappa shape index (κ3) is 3.05. The van der Waals surface area contributed by atoms with Gasteiger partial charge in [-0.15, -0.1) is 0 Å². The Morgan fingerprint density at radius 3 is 2.45 bits per heavy atom. The molecule has 0 amide bonds. The number of sulfonamides is 1. The Bertz CT molecular complexity index is 580. The van der Waals surface area contributed by atoms with Crippen molar-refractivity contribution in [1.29, 1.82) is 0 Å². The largest absolute Gasteiger partial charge is 0.493 e. The molecule has 0 bridgehead atoms. The van der Waals surface area contributed by atoms with E-state index in [9.17, 15) is 8.42 Å². The van der Waals surface area contributed by atoms with Crippen molar-refractivity contribution in [3.63, 3.8) is 0 Å². The zero-order valence-corrected chi connectivity index (χ0v) is 12.7. The van der Waals surface area contributed by atoms with Crippen LogP contribution >= 0.6 is 0 Å². The lowest BCUT2D eigenvalue weighted by molar-refractivity contribution is 0.353. The lowest BCUT2D eigenvalue weighted by Crippen LogP contribution is -2.36. The van der Waals surface area contributed by atoms with E-state index in [4.69, 9.17) is 9.47 Å².